The summed E-state index contributed by atoms with van der Waals surface area (Å²) in [5.74, 6) is 2.18. The second kappa shape index (κ2) is 8.84. The van der Waals surface area contributed by atoms with Gasteiger partial charge in [-0.2, -0.15) is 4.98 Å². The molecule has 1 N–H and O–H groups in total. The van der Waals surface area contributed by atoms with Gasteiger partial charge in [-0.05, 0) is 73.7 Å². The molecule has 0 saturated carbocycles. The highest BCUT2D eigenvalue weighted by Gasteiger charge is 2.13. The van der Waals surface area contributed by atoms with E-state index < -0.39 is 0 Å². The van der Waals surface area contributed by atoms with Crippen LogP contribution in [0.25, 0.3) is 22.8 Å². The third kappa shape index (κ3) is 4.67. The molecule has 0 aliphatic heterocycles. The highest BCUT2D eigenvalue weighted by atomic mass is 16.5. The Balaban J connectivity index is 1.30. The quantitative estimate of drug-likeness (QED) is 0.333. The number of carbonyl (C=O) groups is 1. The van der Waals surface area contributed by atoms with E-state index in [1.165, 1.54) is 11.8 Å². The number of nitrogens with one attached hydrogen (secondary N) is 1. The van der Waals surface area contributed by atoms with Crippen molar-refractivity contribution in [2.24, 2.45) is 0 Å². The summed E-state index contributed by atoms with van der Waals surface area (Å²) in [4.78, 5) is 16.7. The third-order valence-corrected chi connectivity index (χ3v) is 4.91. The summed E-state index contributed by atoms with van der Waals surface area (Å²) in [6.45, 7) is 2.03. The lowest BCUT2D eigenvalue weighted by Gasteiger charge is -2.06. The number of ether oxygens (including phenoxy) is 1. The number of carbonyl (C=O) groups excluding carboxylic acids is 1. The molecule has 0 aliphatic carbocycles. The molecular weight excluding hydrogens is 418 g/mol. The number of anilines is 1. The van der Waals surface area contributed by atoms with Crippen LogP contribution < -0.4 is 10.1 Å². The van der Waals surface area contributed by atoms with Crippen molar-refractivity contribution in [1.29, 1.82) is 0 Å². The molecule has 0 spiro atoms. The summed E-state index contributed by atoms with van der Waals surface area (Å²) >= 11 is 0. The van der Waals surface area contributed by atoms with E-state index in [1.54, 1.807) is 30.3 Å². The minimum atomic E-state index is -0.337. The van der Waals surface area contributed by atoms with Crippen LogP contribution in [0.15, 0.2) is 100 Å². The molecule has 3 aromatic carbocycles. The normalized spacial score (nSPS) is 10.7. The molecule has 0 unspecified atom stereocenters. The standard InChI is InChI=1S/C26H19N3O4/c1-17-7-11-21(12-8-17)32-22-13-9-18(10-14-22)24-28-26(33-29-24)19-4-2-5-20(16-19)27-25(30)23-6-3-15-31-23/h2-16H,1H3,(H,27,30). The zero-order chi connectivity index (χ0) is 22.6. The van der Waals surface area contributed by atoms with E-state index in [9.17, 15) is 4.79 Å². The van der Waals surface area contributed by atoms with Crippen molar-refractivity contribution in [3.8, 4) is 34.3 Å². The first kappa shape index (κ1) is 20.3. The van der Waals surface area contributed by atoms with Crippen LogP contribution in [0.3, 0.4) is 0 Å². The Labute approximate surface area is 189 Å². The van der Waals surface area contributed by atoms with Crippen LogP contribution in [0.1, 0.15) is 16.1 Å². The van der Waals surface area contributed by atoms with E-state index in [1.807, 2.05) is 61.5 Å². The van der Waals surface area contributed by atoms with Crippen molar-refractivity contribution in [1.82, 2.24) is 10.1 Å². The number of nitrogens with zero attached hydrogens (tertiary/aromatic N) is 2. The average molecular weight is 437 g/mol. The number of amides is 1. The van der Waals surface area contributed by atoms with Gasteiger partial charge >= 0.3 is 0 Å². The topological polar surface area (TPSA) is 90.4 Å². The van der Waals surface area contributed by atoms with Crippen LogP contribution in [0.5, 0.6) is 11.5 Å². The Kier molecular flexibility index (Phi) is 5.43. The molecule has 5 rings (SSSR count). The van der Waals surface area contributed by atoms with Crippen LogP contribution in [0, 0.1) is 6.92 Å². The second-order valence-corrected chi connectivity index (χ2v) is 7.37. The molecule has 2 aromatic heterocycles. The number of hydrogen-bond acceptors (Lipinski definition) is 6. The van der Waals surface area contributed by atoms with Crippen molar-refractivity contribution in [2.45, 2.75) is 6.92 Å². The molecule has 0 fully saturated rings. The first-order chi connectivity index (χ1) is 16.1. The van der Waals surface area contributed by atoms with Crippen molar-refractivity contribution in [2.75, 3.05) is 5.32 Å². The fraction of sp³-hybridized carbons (Fsp3) is 0.0385. The van der Waals surface area contributed by atoms with Crippen molar-refractivity contribution in [3.05, 3.63) is 103 Å². The maximum atomic E-state index is 12.2. The smallest absolute Gasteiger partial charge is 0.291 e. The van der Waals surface area contributed by atoms with Crippen molar-refractivity contribution >= 4 is 11.6 Å². The lowest BCUT2D eigenvalue weighted by molar-refractivity contribution is 0.0996. The van der Waals surface area contributed by atoms with E-state index in [4.69, 9.17) is 13.7 Å². The summed E-state index contributed by atoms with van der Waals surface area (Å²) in [5, 5.41) is 6.87. The van der Waals surface area contributed by atoms with Gasteiger partial charge in [-0.15, -0.1) is 0 Å². The van der Waals surface area contributed by atoms with E-state index in [-0.39, 0.29) is 11.7 Å². The van der Waals surface area contributed by atoms with Gasteiger partial charge in [0.15, 0.2) is 5.76 Å². The molecule has 0 saturated heterocycles. The van der Waals surface area contributed by atoms with Gasteiger partial charge in [0.25, 0.3) is 11.8 Å². The maximum Gasteiger partial charge on any atom is 0.291 e. The highest BCUT2D eigenvalue weighted by molar-refractivity contribution is 6.02. The Morgan fingerprint density at radius 1 is 0.879 bits per heavy atom. The zero-order valence-electron chi connectivity index (χ0n) is 17.7. The number of furan rings is 1. The van der Waals surface area contributed by atoms with E-state index in [0.717, 1.165) is 11.3 Å². The largest absolute Gasteiger partial charge is 0.459 e. The first-order valence-electron chi connectivity index (χ1n) is 10.3. The third-order valence-electron chi connectivity index (χ3n) is 4.91. The van der Waals surface area contributed by atoms with Crippen molar-refractivity contribution in [3.63, 3.8) is 0 Å². The Hall–Kier alpha value is -4.65. The van der Waals surface area contributed by atoms with Gasteiger partial charge in [0.05, 0.1) is 6.26 Å². The fourth-order valence-electron chi connectivity index (χ4n) is 3.20. The van der Waals surface area contributed by atoms with Crippen molar-refractivity contribution < 1.29 is 18.5 Å². The number of benzene rings is 3. The average Bonchev–Trinajstić information content (AvgIpc) is 3.54. The lowest BCUT2D eigenvalue weighted by Crippen LogP contribution is -2.10. The molecule has 33 heavy (non-hydrogen) atoms. The van der Waals surface area contributed by atoms with E-state index in [2.05, 4.69) is 15.5 Å². The van der Waals surface area contributed by atoms with Gasteiger partial charge in [-0.1, -0.05) is 28.9 Å². The van der Waals surface area contributed by atoms with Crippen LogP contribution >= 0.6 is 0 Å². The van der Waals surface area contributed by atoms with Gasteiger partial charge in [-0.25, -0.2) is 0 Å². The molecule has 2 heterocycles. The molecule has 0 atom stereocenters. The Bertz CT molecular complexity index is 1370. The van der Waals surface area contributed by atoms with Gasteiger partial charge in [0.1, 0.15) is 11.5 Å². The second-order valence-electron chi connectivity index (χ2n) is 7.37. The number of hydrogen-bond donors (Lipinski definition) is 1. The number of aromatic nitrogens is 2. The van der Waals surface area contributed by atoms with Crippen LogP contribution in [0.4, 0.5) is 5.69 Å². The maximum absolute atomic E-state index is 12.2. The summed E-state index contributed by atoms with van der Waals surface area (Å²) in [7, 11) is 0. The lowest BCUT2D eigenvalue weighted by atomic mass is 10.2. The minimum absolute atomic E-state index is 0.232. The molecule has 162 valence electrons. The summed E-state index contributed by atoms with van der Waals surface area (Å²) in [5.41, 5.74) is 3.25. The van der Waals surface area contributed by atoms with Crippen LogP contribution in [0.2, 0.25) is 0 Å². The molecular formula is C26H19N3O4. The number of aryl methyl sites for hydroxylation is 1. The van der Waals surface area contributed by atoms with Gasteiger partial charge < -0.3 is 19.0 Å². The summed E-state index contributed by atoms with van der Waals surface area (Å²) < 4.78 is 16.4. The molecule has 7 nitrogen and oxygen atoms in total. The fourth-order valence-corrected chi connectivity index (χ4v) is 3.20. The Morgan fingerprint density at radius 2 is 1.64 bits per heavy atom. The monoisotopic (exact) mass is 437 g/mol. The summed E-state index contributed by atoms with van der Waals surface area (Å²) in [6.07, 6.45) is 1.45. The first-order valence-corrected chi connectivity index (χ1v) is 10.3. The molecule has 0 radical (unpaired) electrons. The predicted molar refractivity (Wildman–Crippen MR) is 123 cm³/mol. The zero-order valence-corrected chi connectivity index (χ0v) is 17.7. The van der Waals surface area contributed by atoms with Crippen LogP contribution in [-0.4, -0.2) is 16.0 Å². The molecule has 5 aromatic rings. The summed E-state index contributed by atoms with van der Waals surface area (Å²) in [6, 6.07) is 25.7. The van der Waals surface area contributed by atoms with Gasteiger partial charge in [0, 0.05) is 16.8 Å². The highest BCUT2D eigenvalue weighted by Crippen LogP contribution is 2.27. The molecule has 7 heteroatoms. The molecule has 1 amide bonds. The van der Waals surface area contributed by atoms with Gasteiger partial charge in [-0.3, -0.25) is 4.79 Å². The molecule has 0 aliphatic rings. The number of rotatable bonds is 6. The minimum Gasteiger partial charge on any atom is -0.459 e. The van der Waals surface area contributed by atoms with E-state index >= 15 is 0 Å². The van der Waals surface area contributed by atoms with Crippen LogP contribution in [-0.2, 0) is 0 Å². The van der Waals surface area contributed by atoms with Gasteiger partial charge in [0.2, 0.25) is 5.82 Å². The van der Waals surface area contributed by atoms with E-state index in [0.29, 0.717) is 28.7 Å². The molecule has 0 bridgehead atoms. The SMILES string of the molecule is Cc1ccc(Oc2ccc(-c3noc(-c4cccc(NC(=O)c5ccco5)c4)n3)cc2)cc1. The Morgan fingerprint density at radius 3 is 2.36 bits per heavy atom. The predicted octanol–water partition coefficient (Wildman–Crippen LogP) is 6.35.